The summed E-state index contributed by atoms with van der Waals surface area (Å²) >= 11 is 0. The SMILES string of the molecule is CCOC[C@]1(C#N)[C@H](c2ccc3c(c2)OCO3)[C@H]1S(=O)(=O)CC. The number of fused-ring (bicyclic) bond motifs is 1. The molecule has 1 aliphatic carbocycles. The third-order valence-electron chi connectivity index (χ3n) is 4.55. The van der Waals surface area contributed by atoms with Gasteiger partial charge in [-0.1, -0.05) is 13.0 Å². The zero-order valence-corrected chi connectivity index (χ0v) is 13.9. The van der Waals surface area contributed by atoms with E-state index in [4.69, 9.17) is 14.2 Å². The predicted molar refractivity (Wildman–Crippen MR) is 83.1 cm³/mol. The monoisotopic (exact) mass is 337 g/mol. The summed E-state index contributed by atoms with van der Waals surface area (Å²) < 4.78 is 41.0. The fourth-order valence-electron chi connectivity index (χ4n) is 3.30. The van der Waals surface area contributed by atoms with Gasteiger partial charge in [0.15, 0.2) is 21.3 Å². The molecule has 6 nitrogen and oxygen atoms in total. The average molecular weight is 337 g/mol. The quantitative estimate of drug-likeness (QED) is 0.787. The molecule has 0 spiro atoms. The lowest BCUT2D eigenvalue weighted by atomic mass is 10.0. The maximum atomic E-state index is 12.5. The van der Waals surface area contributed by atoms with Crippen molar-refractivity contribution < 1.29 is 22.6 Å². The third-order valence-corrected chi connectivity index (χ3v) is 6.83. The second kappa shape index (κ2) is 5.69. The van der Waals surface area contributed by atoms with Crippen LogP contribution in [0.4, 0.5) is 0 Å². The van der Waals surface area contributed by atoms with Crippen molar-refractivity contribution in [2.45, 2.75) is 25.0 Å². The summed E-state index contributed by atoms with van der Waals surface area (Å²) in [5.74, 6) is 0.828. The van der Waals surface area contributed by atoms with E-state index in [-0.39, 0.29) is 19.2 Å². The Bertz CT molecular complexity index is 754. The van der Waals surface area contributed by atoms with Crippen molar-refractivity contribution in [3.63, 3.8) is 0 Å². The highest BCUT2D eigenvalue weighted by molar-refractivity contribution is 7.92. The van der Waals surface area contributed by atoms with E-state index in [1.54, 1.807) is 25.1 Å². The minimum atomic E-state index is -3.36. The topological polar surface area (TPSA) is 85.6 Å². The highest BCUT2D eigenvalue weighted by Gasteiger charge is 2.71. The van der Waals surface area contributed by atoms with E-state index in [0.29, 0.717) is 18.1 Å². The van der Waals surface area contributed by atoms with Crippen LogP contribution in [-0.2, 0) is 14.6 Å². The summed E-state index contributed by atoms with van der Waals surface area (Å²) in [6.45, 7) is 4.14. The van der Waals surface area contributed by atoms with Gasteiger partial charge in [0.1, 0.15) is 5.41 Å². The Labute approximate surface area is 135 Å². The highest BCUT2D eigenvalue weighted by atomic mass is 32.2. The maximum absolute atomic E-state index is 12.5. The molecule has 0 saturated heterocycles. The molecule has 0 amide bonds. The van der Waals surface area contributed by atoms with Crippen LogP contribution in [0.5, 0.6) is 11.5 Å². The Morgan fingerprint density at radius 1 is 1.35 bits per heavy atom. The molecule has 0 aromatic heterocycles. The Balaban J connectivity index is 2.00. The smallest absolute Gasteiger partial charge is 0.231 e. The molecule has 1 aromatic carbocycles. The molecule has 0 unspecified atom stereocenters. The molecule has 1 aliphatic heterocycles. The van der Waals surface area contributed by atoms with Gasteiger partial charge in [-0.2, -0.15) is 5.26 Å². The van der Waals surface area contributed by atoms with Gasteiger partial charge in [-0.25, -0.2) is 8.42 Å². The predicted octanol–water partition coefficient (Wildman–Crippen LogP) is 1.86. The molecule has 1 heterocycles. The molecular formula is C16H19NO5S. The van der Waals surface area contributed by atoms with E-state index < -0.39 is 26.4 Å². The number of sulfone groups is 1. The van der Waals surface area contributed by atoms with Crippen LogP contribution in [0.25, 0.3) is 0 Å². The fourth-order valence-corrected chi connectivity index (χ4v) is 5.30. The molecule has 1 saturated carbocycles. The van der Waals surface area contributed by atoms with Gasteiger partial charge in [0, 0.05) is 18.3 Å². The molecule has 7 heteroatoms. The summed E-state index contributed by atoms with van der Waals surface area (Å²) in [5.41, 5.74) is -0.254. The number of nitrogens with zero attached hydrogens (tertiary/aromatic N) is 1. The summed E-state index contributed by atoms with van der Waals surface area (Å²) in [7, 11) is -3.36. The first-order valence-corrected chi connectivity index (χ1v) is 9.31. The minimum Gasteiger partial charge on any atom is -0.454 e. The van der Waals surface area contributed by atoms with E-state index in [1.807, 2.05) is 6.92 Å². The molecule has 3 rings (SSSR count). The number of nitriles is 1. The van der Waals surface area contributed by atoms with Gasteiger partial charge in [-0.05, 0) is 24.6 Å². The largest absolute Gasteiger partial charge is 0.454 e. The van der Waals surface area contributed by atoms with E-state index in [2.05, 4.69) is 6.07 Å². The molecule has 1 aromatic rings. The lowest BCUT2D eigenvalue weighted by Crippen LogP contribution is -2.20. The van der Waals surface area contributed by atoms with Crippen LogP contribution in [0, 0.1) is 16.7 Å². The molecule has 2 aliphatic rings. The number of hydrogen-bond acceptors (Lipinski definition) is 6. The first kappa shape index (κ1) is 16.1. The molecule has 23 heavy (non-hydrogen) atoms. The van der Waals surface area contributed by atoms with E-state index >= 15 is 0 Å². The molecule has 3 atom stereocenters. The van der Waals surface area contributed by atoms with Crippen LogP contribution >= 0.6 is 0 Å². The lowest BCUT2D eigenvalue weighted by Gasteiger charge is -2.09. The molecule has 1 fully saturated rings. The molecule has 124 valence electrons. The Kier molecular flexibility index (Phi) is 3.98. The van der Waals surface area contributed by atoms with Crippen LogP contribution in [-0.4, -0.2) is 39.4 Å². The molecule has 0 bridgehead atoms. The maximum Gasteiger partial charge on any atom is 0.231 e. The minimum absolute atomic E-state index is 0.00821. The van der Waals surface area contributed by atoms with E-state index in [1.165, 1.54) is 0 Å². The second-order valence-electron chi connectivity index (χ2n) is 5.75. The van der Waals surface area contributed by atoms with Gasteiger partial charge < -0.3 is 14.2 Å². The zero-order valence-electron chi connectivity index (χ0n) is 13.1. The van der Waals surface area contributed by atoms with Crippen molar-refractivity contribution in [1.29, 1.82) is 5.26 Å². The summed E-state index contributed by atoms with van der Waals surface area (Å²) in [6, 6.07) is 7.56. The zero-order chi connectivity index (χ0) is 16.7. The Hall–Kier alpha value is -1.78. The number of hydrogen-bond donors (Lipinski definition) is 0. The van der Waals surface area contributed by atoms with Crippen molar-refractivity contribution >= 4 is 9.84 Å². The van der Waals surface area contributed by atoms with Gasteiger partial charge in [0.05, 0.1) is 17.9 Å². The van der Waals surface area contributed by atoms with Crippen LogP contribution in [0.15, 0.2) is 18.2 Å². The van der Waals surface area contributed by atoms with Gasteiger partial charge >= 0.3 is 0 Å². The average Bonchev–Trinajstić information content (AvgIpc) is 3.01. The number of ether oxygens (including phenoxy) is 3. The van der Waals surface area contributed by atoms with E-state index in [0.717, 1.165) is 5.56 Å². The Morgan fingerprint density at radius 2 is 2.09 bits per heavy atom. The van der Waals surface area contributed by atoms with Gasteiger partial charge in [-0.3, -0.25) is 0 Å². The van der Waals surface area contributed by atoms with Crippen molar-refractivity contribution in [2.24, 2.45) is 5.41 Å². The summed E-state index contributed by atoms with van der Waals surface area (Å²) in [4.78, 5) is 0. The van der Waals surface area contributed by atoms with Crippen molar-refractivity contribution in [3.05, 3.63) is 23.8 Å². The molecule has 0 N–H and O–H groups in total. The van der Waals surface area contributed by atoms with Crippen molar-refractivity contribution in [2.75, 3.05) is 25.8 Å². The summed E-state index contributed by atoms with van der Waals surface area (Å²) in [5, 5.41) is 8.95. The first-order chi connectivity index (χ1) is 11.0. The van der Waals surface area contributed by atoms with E-state index in [9.17, 15) is 13.7 Å². The molecular weight excluding hydrogens is 318 g/mol. The molecule has 0 radical (unpaired) electrons. The Morgan fingerprint density at radius 3 is 2.74 bits per heavy atom. The summed E-state index contributed by atoms with van der Waals surface area (Å²) in [6.07, 6.45) is 0. The number of rotatable bonds is 6. The lowest BCUT2D eigenvalue weighted by molar-refractivity contribution is 0.117. The first-order valence-electron chi connectivity index (χ1n) is 7.60. The van der Waals surface area contributed by atoms with Crippen LogP contribution in [0.1, 0.15) is 25.3 Å². The van der Waals surface area contributed by atoms with Gasteiger partial charge in [-0.15, -0.1) is 0 Å². The van der Waals surface area contributed by atoms with Crippen LogP contribution < -0.4 is 9.47 Å². The van der Waals surface area contributed by atoms with Crippen LogP contribution in [0.2, 0.25) is 0 Å². The van der Waals surface area contributed by atoms with Crippen molar-refractivity contribution in [3.8, 4) is 17.6 Å². The number of benzene rings is 1. The van der Waals surface area contributed by atoms with Gasteiger partial charge in [0.2, 0.25) is 6.79 Å². The fraction of sp³-hybridized carbons (Fsp3) is 0.562. The highest BCUT2D eigenvalue weighted by Crippen LogP contribution is 2.63. The van der Waals surface area contributed by atoms with Crippen LogP contribution in [0.3, 0.4) is 0 Å². The standard InChI is InChI=1S/C16H19NO5S/c1-3-20-9-16(8-17)14(15(16)23(18,19)4-2)11-5-6-12-13(7-11)22-10-21-12/h5-7,14-15H,3-4,9-10H2,1-2H3/t14-,15-,16-/m1/s1. The third kappa shape index (κ3) is 2.46. The second-order valence-corrected chi connectivity index (χ2v) is 8.16. The normalized spacial score (nSPS) is 28.4. The van der Waals surface area contributed by atoms with Crippen molar-refractivity contribution in [1.82, 2.24) is 0 Å². The van der Waals surface area contributed by atoms with Gasteiger partial charge in [0.25, 0.3) is 0 Å².